The van der Waals surface area contributed by atoms with E-state index in [1.807, 2.05) is 0 Å². The predicted molar refractivity (Wildman–Crippen MR) is 92.9 cm³/mol. The summed E-state index contributed by atoms with van der Waals surface area (Å²) in [5, 5.41) is 0. The first kappa shape index (κ1) is 20.1. The topological polar surface area (TPSA) is 46.2 Å². The number of hydrogen-bond acceptors (Lipinski definition) is 5. The molecule has 0 amide bonds. The van der Waals surface area contributed by atoms with E-state index in [4.69, 9.17) is 23.7 Å². The van der Waals surface area contributed by atoms with E-state index in [0.29, 0.717) is 11.8 Å². The Bertz CT molecular complexity index is 266. The molecule has 0 unspecified atom stereocenters. The Labute approximate surface area is 147 Å². The van der Waals surface area contributed by atoms with Crippen LogP contribution in [0.15, 0.2) is 0 Å². The van der Waals surface area contributed by atoms with Gasteiger partial charge in [0.25, 0.3) is 0 Å². The zero-order valence-electron chi connectivity index (χ0n) is 15.5. The van der Waals surface area contributed by atoms with Gasteiger partial charge in [0.2, 0.25) is 0 Å². The van der Waals surface area contributed by atoms with Crippen molar-refractivity contribution in [2.75, 3.05) is 40.1 Å². The lowest BCUT2D eigenvalue weighted by atomic mass is 10.0. The Morgan fingerprint density at radius 1 is 0.708 bits per heavy atom. The molecule has 2 fully saturated rings. The molecule has 2 aliphatic heterocycles. The average molecular weight is 344 g/mol. The molecular weight excluding hydrogens is 308 g/mol. The molecule has 0 aromatic heterocycles. The van der Waals surface area contributed by atoms with Crippen LogP contribution < -0.4 is 0 Å². The molecule has 0 bridgehead atoms. The van der Waals surface area contributed by atoms with Gasteiger partial charge in [0.15, 0.2) is 12.6 Å². The van der Waals surface area contributed by atoms with Crippen molar-refractivity contribution in [3.63, 3.8) is 0 Å². The van der Waals surface area contributed by atoms with Crippen LogP contribution in [-0.4, -0.2) is 52.7 Å². The Hall–Kier alpha value is -0.200. The molecule has 24 heavy (non-hydrogen) atoms. The first-order valence-corrected chi connectivity index (χ1v) is 9.77. The van der Waals surface area contributed by atoms with Gasteiger partial charge in [-0.2, -0.15) is 0 Å². The normalized spacial score (nSPS) is 31.2. The minimum atomic E-state index is -0.0500. The summed E-state index contributed by atoms with van der Waals surface area (Å²) in [6.45, 7) is 6.28. The number of hydrogen-bond donors (Lipinski definition) is 0. The number of unbranched alkanes of at least 4 members (excludes halogenated alkanes) is 2. The van der Waals surface area contributed by atoms with Crippen LogP contribution >= 0.6 is 0 Å². The molecule has 142 valence electrons. The highest BCUT2D eigenvalue weighted by Gasteiger charge is 2.26. The molecule has 0 aromatic carbocycles. The summed E-state index contributed by atoms with van der Waals surface area (Å²) >= 11 is 0. The second kappa shape index (κ2) is 12.2. The van der Waals surface area contributed by atoms with Crippen molar-refractivity contribution < 1.29 is 23.7 Å². The van der Waals surface area contributed by atoms with Crippen LogP contribution in [0.2, 0.25) is 0 Å². The molecule has 0 radical (unpaired) electrons. The Balaban J connectivity index is 1.49. The van der Waals surface area contributed by atoms with Gasteiger partial charge < -0.3 is 23.7 Å². The minimum absolute atomic E-state index is 0.0165. The summed E-state index contributed by atoms with van der Waals surface area (Å²) in [6, 6.07) is 0. The lowest BCUT2D eigenvalue weighted by Gasteiger charge is -2.32. The SMILES string of the molecule is CCCCC[C@H]1OC[C@H](CC[C@H]2OC[C@H](CCCOC)CO2)CO1. The summed E-state index contributed by atoms with van der Waals surface area (Å²) in [5.74, 6) is 0.987. The molecule has 2 aliphatic rings. The van der Waals surface area contributed by atoms with Crippen molar-refractivity contribution >= 4 is 0 Å². The third-order valence-corrected chi connectivity index (χ3v) is 4.89. The van der Waals surface area contributed by atoms with Crippen LogP contribution in [0.1, 0.15) is 58.3 Å². The van der Waals surface area contributed by atoms with E-state index < -0.39 is 0 Å². The molecule has 0 aliphatic carbocycles. The molecule has 0 spiro atoms. The summed E-state index contributed by atoms with van der Waals surface area (Å²) in [7, 11) is 1.75. The van der Waals surface area contributed by atoms with Gasteiger partial charge in [0.1, 0.15) is 0 Å². The van der Waals surface area contributed by atoms with Crippen LogP contribution in [0, 0.1) is 11.8 Å². The van der Waals surface area contributed by atoms with Gasteiger partial charge in [-0.05, 0) is 38.5 Å². The first-order chi connectivity index (χ1) is 11.8. The van der Waals surface area contributed by atoms with Gasteiger partial charge in [0, 0.05) is 25.6 Å². The predicted octanol–water partition coefficient (Wildman–Crippen LogP) is 3.75. The highest BCUT2D eigenvalue weighted by molar-refractivity contribution is 4.68. The van der Waals surface area contributed by atoms with E-state index in [-0.39, 0.29) is 12.6 Å². The van der Waals surface area contributed by atoms with Crippen molar-refractivity contribution in [2.45, 2.75) is 70.9 Å². The van der Waals surface area contributed by atoms with Crippen LogP contribution in [-0.2, 0) is 23.7 Å². The maximum Gasteiger partial charge on any atom is 0.157 e. The minimum Gasteiger partial charge on any atom is -0.385 e. The van der Waals surface area contributed by atoms with E-state index >= 15 is 0 Å². The Morgan fingerprint density at radius 2 is 1.29 bits per heavy atom. The van der Waals surface area contributed by atoms with Crippen LogP contribution in [0.3, 0.4) is 0 Å². The zero-order valence-corrected chi connectivity index (χ0v) is 15.5. The monoisotopic (exact) mass is 344 g/mol. The van der Waals surface area contributed by atoms with E-state index in [2.05, 4.69) is 6.92 Å². The fourth-order valence-corrected chi connectivity index (χ4v) is 3.28. The Kier molecular flexibility index (Phi) is 10.2. The lowest BCUT2D eigenvalue weighted by molar-refractivity contribution is -0.219. The zero-order chi connectivity index (χ0) is 17.0. The van der Waals surface area contributed by atoms with Crippen molar-refractivity contribution in [3.8, 4) is 0 Å². The summed E-state index contributed by atoms with van der Waals surface area (Å²) in [4.78, 5) is 0. The first-order valence-electron chi connectivity index (χ1n) is 9.77. The maximum absolute atomic E-state index is 5.85. The van der Waals surface area contributed by atoms with Crippen molar-refractivity contribution in [2.24, 2.45) is 11.8 Å². The maximum atomic E-state index is 5.85. The molecule has 0 N–H and O–H groups in total. The third kappa shape index (κ3) is 7.79. The smallest absolute Gasteiger partial charge is 0.157 e. The summed E-state index contributed by atoms with van der Waals surface area (Å²) in [5.41, 5.74) is 0. The number of rotatable bonds is 11. The molecule has 0 atom stereocenters. The molecule has 2 rings (SSSR count). The van der Waals surface area contributed by atoms with Gasteiger partial charge in [-0.1, -0.05) is 19.8 Å². The number of ether oxygens (including phenoxy) is 5. The Morgan fingerprint density at radius 3 is 1.88 bits per heavy atom. The van der Waals surface area contributed by atoms with Crippen LogP contribution in [0.5, 0.6) is 0 Å². The molecule has 5 nitrogen and oxygen atoms in total. The van der Waals surface area contributed by atoms with Crippen LogP contribution in [0.4, 0.5) is 0 Å². The fraction of sp³-hybridized carbons (Fsp3) is 1.00. The lowest BCUT2D eigenvalue weighted by Crippen LogP contribution is -2.35. The molecule has 2 heterocycles. The molecular formula is C19H36O5. The molecule has 0 saturated carbocycles. The third-order valence-electron chi connectivity index (χ3n) is 4.89. The fourth-order valence-electron chi connectivity index (χ4n) is 3.28. The van der Waals surface area contributed by atoms with E-state index in [0.717, 1.165) is 65.1 Å². The van der Waals surface area contributed by atoms with Crippen LogP contribution in [0.25, 0.3) is 0 Å². The summed E-state index contributed by atoms with van der Waals surface area (Å²) in [6.07, 6.45) is 8.86. The second-order valence-electron chi connectivity index (χ2n) is 7.13. The second-order valence-corrected chi connectivity index (χ2v) is 7.13. The van der Waals surface area contributed by atoms with Gasteiger partial charge in [0.05, 0.1) is 26.4 Å². The van der Waals surface area contributed by atoms with Crippen molar-refractivity contribution in [3.05, 3.63) is 0 Å². The standard InChI is InChI=1S/C19H36O5/c1-3-4-5-8-18-21-14-17(15-22-18)9-10-19-23-12-16(13-24-19)7-6-11-20-2/h16-19H,3-15H2,1-2H3/t16-,17-,18-,19-. The quantitative estimate of drug-likeness (QED) is 0.534. The van der Waals surface area contributed by atoms with Crippen molar-refractivity contribution in [1.82, 2.24) is 0 Å². The highest BCUT2D eigenvalue weighted by atomic mass is 16.7. The molecule has 0 aromatic rings. The highest BCUT2D eigenvalue weighted by Crippen LogP contribution is 2.23. The average Bonchev–Trinajstić information content (AvgIpc) is 2.63. The van der Waals surface area contributed by atoms with Gasteiger partial charge in [-0.25, -0.2) is 0 Å². The molecule has 5 heteroatoms. The van der Waals surface area contributed by atoms with E-state index in [1.54, 1.807) is 7.11 Å². The van der Waals surface area contributed by atoms with E-state index in [9.17, 15) is 0 Å². The van der Waals surface area contributed by atoms with E-state index in [1.165, 1.54) is 19.3 Å². The summed E-state index contributed by atoms with van der Waals surface area (Å²) < 4.78 is 28.5. The van der Waals surface area contributed by atoms with Gasteiger partial charge in [-0.15, -0.1) is 0 Å². The van der Waals surface area contributed by atoms with Gasteiger partial charge in [-0.3, -0.25) is 0 Å². The number of methoxy groups -OCH3 is 1. The van der Waals surface area contributed by atoms with Gasteiger partial charge >= 0.3 is 0 Å². The largest absolute Gasteiger partial charge is 0.385 e. The van der Waals surface area contributed by atoms with Crippen molar-refractivity contribution in [1.29, 1.82) is 0 Å². The molecule has 2 saturated heterocycles.